The highest BCUT2D eigenvalue weighted by molar-refractivity contribution is 5.97. The van der Waals surface area contributed by atoms with Gasteiger partial charge in [0.05, 0.1) is 18.1 Å². The first-order chi connectivity index (χ1) is 14.5. The fraction of sp³-hybridized carbons (Fsp3) is 0.0417. The predicted octanol–water partition coefficient (Wildman–Crippen LogP) is 4.96. The van der Waals surface area contributed by atoms with Crippen LogP contribution in [0.3, 0.4) is 0 Å². The van der Waals surface area contributed by atoms with Crippen LogP contribution in [0, 0.1) is 0 Å². The summed E-state index contributed by atoms with van der Waals surface area (Å²) in [5.74, 6) is 0.408. The molecule has 0 aromatic heterocycles. The average molecular weight is 402 g/mol. The van der Waals surface area contributed by atoms with Crippen molar-refractivity contribution in [2.45, 2.75) is 5.60 Å². The number of hydrogen-bond donors (Lipinski definition) is 2. The van der Waals surface area contributed by atoms with Gasteiger partial charge in [0.15, 0.2) is 5.60 Å². The Morgan fingerprint density at radius 2 is 1.40 bits per heavy atom. The Kier molecular flexibility index (Phi) is 4.68. The van der Waals surface area contributed by atoms with Crippen LogP contribution in [0.2, 0.25) is 0 Å². The molecule has 0 fully saturated rings. The van der Waals surface area contributed by atoms with Crippen LogP contribution in [-0.4, -0.2) is 16.2 Å². The molecule has 2 heterocycles. The van der Waals surface area contributed by atoms with Crippen LogP contribution in [0.15, 0.2) is 86.3 Å². The summed E-state index contributed by atoms with van der Waals surface area (Å²) in [4.78, 5) is 12.5. The van der Waals surface area contributed by atoms with Crippen molar-refractivity contribution in [1.82, 2.24) is 0 Å². The van der Waals surface area contributed by atoms with Gasteiger partial charge in [0.1, 0.15) is 23.0 Å². The summed E-state index contributed by atoms with van der Waals surface area (Å²) in [6, 6.07) is 16.6. The molecule has 150 valence electrons. The third-order valence-electron chi connectivity index (χ3n) is 4.87. The summed E-state index contributed by atoms with van der Waals surface area (Å²) < 4.78 is 16.1. The minimum atomic E-state index is -1.17. The van der Waals surface area contributed by atoms with Gasteiger partial charge in [-0.1, -0.05) is 31.4 Å². The molecule has 2 aliphatic heterocycles. The number of carbonyl (C=O) groups excluding carboxylic acids is 1. The van der Waals surface area contributed by atoms with Crippen molar-refractivity contribution >= 4 is 5.97 Å². The molecule has 1 spiro atoms. The fourth-order valence-corrected chi connectivity index (χ4v) is 3.72. The minimum Gasteiger partial charge on any atom is -0.508 e. The van der Waals surface area contributed by atoms with Gasteiger partial charge in [-0.3, -0.25) is 0 Å². The third-order valence-corrected chi connectivity index (χ3v) is 4.87. The molecule has 0 saturated carbocycles. The Morgan fingerprint density at radius 1 is 0.833 bits per heavy atom. The molecule has 2 aliphatic rings. The van der Waals surface area contributed by atoms with E-state index in [2.05, 4.69) is 17.9 Å². The van der Waals surface area contributed by atoms with E-state index >= 15 is 0 Å². The Labute approximate surface area is 172 Å². The summed E-state index contributed by atoms with van der Waals surface area (Å²) in [6.45, 7) is 6.51. The minimum absolute atomic E-state index is 0.0371. The van der Waals surface area contributed by atoms with E-state index in [-0.39, 0.29) is 11.5 Å². The number of benzene rings is 3. The van der Waals surface area contributed by atoms with Crippen molar-refractivity contribution < 1.29 is 29.2 Å². The van der Waals surface area contributed by atoms with Crippen molar-refractivity contribution in [3.8, 4) is 23.0 Å². The van der Waals surface area contributed by atoms with Gasteiger partial charge >= 0.3 is 5.97 Å². The zero-order valence-corrected chi connectivity index (χ0v) is 15.9. The first-order valence-electron chi connectivity index (χ1n) is 9.06. The molecule has 0 saturated heterocycles. The second kappa shape index (κ2) is 7.33. The van der Waals surface area contributed by atoms with E-state index in [0.29, 0.717) is 33.8 Å². The Balaban J connectivity index is 0.000000393. The summed E-state index contributed by atoms with van der Waals surface area (Å²) in [5, 5.41) is 19.7. The highest BCUT2D eigenvalue weighted by Gasteiger charge is 2.53. The number of fused-ring (bicyclic) bond motifs is 6. The number of aromatic hydroxyl groups is 2. The lowest BCUT2D eigenvalue weighted by molar-refractivity contribution is 0.0224. The molecule has 6 heteroatoms. The van der Waals surface area contributed by atoms with Crippen LogP contribution in [0.25, 0.3) is 0 Å². The van der Waals surface area contributed by atoms with E-state index in [4.69, 9.17) is 9.47 Å². The lowest BCUT2D eigenvalue weighted by Crippen LogP contribution is -2.32. The lowest BCUT2D eigenvalue weighted by Gasteiger charge is -2.36. The van der Waals surface area contributed by atoms with Crippen LogP contribution < -0.4 is 4.74 Å². The maximum absolute atomic E-state index is 12.5. The molecule has 5 rings (SSSR count). The summed E-state index contributed by atoms with van der Waals surface area (Å²) in [5.41, 5.74) is 1.28. The van der Waals surface area contributed by atoms with Crippen LogP contribution in [0.5, 0.6) is 23.0 Å². The summed E-state index contributed by atoms with van der Waals surface area (Å²) in [6.07, 6.45) is 2.62. The van der Waals surface area contributed by atoms with Gasteiger partial charge in [-0.05, 0) is 30.3 Å². The number of carbonyl (C=O) groups is 1. The van der Waals surface area contributed by atoms with Gasteiger partial charge < -0.3 is 24.4 Å². The third kappa shape index (κ3) is 2.86. The van der Waals surface area contributed by atoms with E-state index in [1.165, 1.54) is 36.8 Å². The quantitative estimate of drug-likeness (QED) is 0.466. The van der Waals surface area contributed by atoms with E-state index in [9.17, 15) is 15.0 Å². The van der Waals surface area contributed by atoms with E-state index < -0.39 is 11.6 Å². The molecular formula is C24H18O6. The second-order valence-corrected chi connectivity index (χ2v) is 6.55. The van der Waals surface area contributed by atoms with Crippen LogP contribution in [0.1, 0.15) is 27.0 Å². The van der Waals surface area contributed by atoms with Crippen molar-refractivity contribution in [3.63, 3.8) is 0 Å². The zero-order valence-electron chi connectivity index (χ0n) is 15.9. The molecule has 2 N–H and O–H groups in total. The number of phenolic OH excluding ortho intramolecular Hbond substituents is 2. The molecule has 0 aliphatic carbocycles. The average Bonchev–Trinajstić information content (AvgIpc) is 3.02. The van der Waals surface area contributed by atoms with Gasteiger partial charge in [-0.2, -0.15) is 0 Å². The first kappa shape index (κ1) is 19.1. The smallest absolute Gasteiger partial charge is 0.340 e. The molecule has 3 aromatic carbocycles. The molecule has 0 radical (unpaired) electrons. The SMILES string of the molecule is C=COC=C.O=C1OC2(c3ccc(O)cc3Oc3cc(O)ccc32)c2ccccc21. The number of rotatable bonds is 2. The van der Waals surface area contributed by atoms with Crippen LogP contribution >= 0.6 is 0 Å². The lowest BCUT2D eigenvalue weighted by atomic mass is 9.77. The van der Waals surface area contributed by atoms with Crippen LogP contribution in [0.4, 0.5) is 0 Å². The largest absolute Gasteiger partial charge is 0.508 e. The molecule has 0 atom stereocenters. The summed E-state index contributed by atoms with van der Waals surface area (Å²) >= 11 is 0. The maximum atomic E-state index is 12.5. The number of phenols is 2. The van der Waals surface area contributed by atoms with E-state index in [0.717, 1.165) is 0 Å². The standard InChI is InChI=1S/C20H12O5.C4H6O/c21-11-5-7-15-17(9-11)24-18-10-12(22)6-8-16(18)20(15)14-4-2-1-3-13(14)19(23)25-20;1-3-5-4-2/h1-10,21-22H;3-4H,1-2H2. The van der Waals surface area contributed by atoms with Crippen molar-refractivity contribution in [1.29, 1.82) is 0 Å². The van der Waals surface area contributed by atoms with Gasteiger partial charge in [-0.25, -0.2) is 4.79 Å². The molecule has 0 unspecified atom stereocenters. The number of hydrogen-bond acceptors (Lipinski definition) is 6. The van der Waals surface area contributed by atoms with Gasteiger partial charge in [0.2, 0.25) is 0 Å². The molecule has 0 bridgehead atoms. The van der Waals surface area contributed by atoms with E-state index in [1.807, 2.05) is 12.1 Å². The van der Waals surface area contributed by atoms with Gasteiger partial charge in [0.25, 0.3) is 0 Å². The predicted molar refractivity (Wildman–Crippen MR) is 110 cm³/mol. The Bertz CT molecular complexity index is 1110. The maximum Gasteiger partial charge on any atom is 0.340 e. The van der Waals surface area contributed by atoms with E-state index in [1.54, 1.807) is 24.3 Å². The van der Waals surface area contributed by atoms with Gasteiger partial charge in [0, 0.05) is 28.8 Å². The van der Waals surface area contributed by atoms with Crippen LogP contribution in [-0.2, 0) is 15.1 Å². The molecule has 0 amide bonds. The van der Waals surface area contributed by atoms with Crippen molar-refractivity contribution in [3.05, 3.63) is 109 Å². The Morgan fingerprint density at radius 3 is 1.93 bits per heavy atom. The number of esters is 1. The van der Waals surface area contributed by atoms with Crippen molar-refractivity contribution in [2.24, 2.45) is 0 Å². The molecule has 3 aromatic rings. The summed E-state index contributed by atoms with van der Waals surface area (Å²) in [7, 11) is 0. The second-order valence-electron chi connectivity index (χ2n) is 6.55. The monoisotopic (exact) mass is 402 g/mol. The highest BCUT2D eigenvalue weighted by Crippen LogP contribution is 2.56. The Hall–Kier alpha value is -4.19. The molecule has 6 nitrogen and oxygen atoms in total. The van der Waals surface area contributed by atoms with Gasteiger partial charge in [-0.15, -0.1) is 0 Å². The molecular weight excluding hydrogens is 384 g/mol. The highest BCUT2D eigenvalue weighted by atomic mass is 16.6. The van der Waals surface area contributed by atoms with Crippen molar-refractivity contribution in [2.75, 3.05) is 0 Å². The normalized spacial score (nSPS) is 14.1. The topological polar surface area (TPSA) is 85.2 Å². The molecule has 30 heavy (non-hydrogen) atoms. The first-order valence-corrected chi connectivity index (χ1v) is 9.06. The zero-order chi connectivity index (χ0) is 21.3. The number of ether oxygens (including phenoxy) is 3. The fourth-order valence-electron chi connectivity index (χ4n) is 3.72.